The minimum Gasteiger partial charge on any atom is -0.465 e. The quantitative estimate of drug-likeness (QED) is 0.0211. The first kappa shape index (κ1) is 56.6. The standard InChI is InChI=1S/C51H94N2O8/c1-4-7-10-13-16-17-18-19-20-21-22-23-24-25-30-35-48(54)59-44-47(46-61-51(56)52-38-41-53-39-31-26-27-32-40-53)45-60-49(55)36-37-50(57-42-33-28-14-11-8-5-2)58-43-34-29-15-12-9-6-3/h16-17,19-20,47,50H,4-15,18,21-46H2,1-3H3,(H,52,56)/b17-16-,20-19-. The maximum atomic E-state index is 13.0. The summed E-state index contributed by atoms with van der Waals surface area (Å²) in [5.41, 5.74) is 0. The molecule has 0 bridgehead atoms. The summed E-state index contributed by atoms with van der Waals surface area (Å²) < 4.78 is 29.1. The lowest BCUT2D eigenvalue weighted by Crippen LogP contribution is -2.36. The lowest BCUT2D eigenvalue weighted by molar-refractivity contribution is -0.161. The molecule has 10 heteroatoms. The van der Waals surface area contributed by atoms with Gasteiger partial charge in [-0.15, -0.1) is 0 Å². The van der Waals surface area contributed by atoms with Crippen molar-refractivity contribution >= 4 is 18.0 Å². The Kier molecular flexibility index (Phi) is 41.0. The molecule has 0 radical (unpaired) electrons. The fraction of sp³-hybridized carbons (Fsp3) is 0.863. The Balaban J connectivity index is 2.53. The molecule has 0 aromatic heterocycles. The smallest absolute Gasteiger partial charge is 0.407 e. The van der Waals surface area contributed by atoms with Gasteiger partial charge in [-0.3, -0.25) is 9.59 Å². The Morgan fingerprint density at radius 1 is 0.541 bits per heavy atom. The van der Waals surface area contributed by atoms with Crippen LogP contribution in [-0.4, -0.2) is 88.4 Å². The number of hydrogen-bond acceptors (Lipinski definition) is 9. The minimum atomic E-state index is -0.518. The maximum absolute atomic E-state index is 13.0. The fourth-order valence-corrected chi connectivity index (χ4v) is 7.36. The Morgan fingerprint density at radius 2 is 1.02 bits per heavy atom. The molecule has 1 unspecified atom stereocenters. The molecule has 10 nitrogen and oxygen atoms in total. The number of nitrogens with zero attached hydrogens (tertiary/aromatic N) is 1. The molecule has 0 aliphatic carbocycles. The summed E-state index contributed by atoms with van der Waals surface area (Å²) in [5, 5.41) is 2.85. The largest absolute Gasteiger partial charge is 0.465 e. The van der Waals surface area contributed by atoms with E-state index >= 15 is 0 Å². The van der Waals surface area contributed by atoms with Gasteiger partial charge in [0.15, 0.2) is 6.29 Å². The number of likely N-dealkylation sites (tertiary alicyclic amines) is 1. The predicted molar refractivity (Wildman–Crippen MR) is 251 cm³/mol. The van der Waals surface area contributed by atoms with E-state index in [0.29, 0.717) is 32.6 Å². The maximum Gasteiger partial charge on any atom is 0.407 e. The van der Waals surface area contributed by atoms with Crippen molar-refractivity contribution in [2.75, 3.05) is 59.2 Å². The van der Waals surface area contributed by atoms with Crippen LogP contribution in [0.25, 0.3) is 0 Å². The van der Waals surface area contributed by atoms with Crippen molar-refractivity contribution in [2.24, 2.45) is 5.92 Å². The Hall–Kier alpha value is -2.43. The molecule has 1 amide bonds. The van der Waals surface area contributed by atoms with Gasteiger partial charge in [-0.05, 0) is 77.3 Å². The molecule has 1 aliphatic heterocycles. The zero-order valence-electron chi connectivity index (χ0n) is 39.8. The Bertz CT molecular complexity index is 1040. The lowest BCUT2D eigenvalue weighted by atomic mass is 10.1. The number of carbonyl (C=O) groups is 3. The molecule has 1 rings (SSSR count). The van der Waals surface area contributed by atoms with Gasteiger partial charge in [0.1, 0.15) is 19.8 Å². The third-order valence-corrected chi connectivity index (χ3v) is 11.3. The van der Waals surface area contributed by atoms with Gasteiger partial charge >= 0.3 is 18.0 Å². The van der Waals surface area contributed by atoms with Crippen molar-refractivity contribution in [1.82, 2.24) is 10.2 Å². The van der Waals surface area contributed by atoms with Crippen LogP contribution >= 0.6 is 0 Å². The first-order valence-electron chi connectivity index (χ1n) is 25.5. The highest BCUT2D eigenvalue weighted by atomic mass is 16.7. The fourth-order valence-electron chi connectivity index (χ4n) is 7.36. The number of ether oxygens (including phenoxy) is 5. The summed E-state index contributed by atoms with van der Waals surface area (Å²) in [4.78, 5) is 40.7. The van der Waals surface area contributed by atoms with E-state index in [1.54, 1.807) is 0 Å². The minimum absolute atomic E-state index is 0.0127. The number of amides is 1. The first-order valence-corrected chi connectivity index (χ1v) is 25.5. The van der Waals surface area contributed by atoms with Gasteiger partial charge in [0.2, 0.25) is 0 Å². The van der Waals surface area contributed by atoms with Crippen molar-refractivity contribution in [2.45, 2.75) is 220 Å². The van der Waals surface area contributed by atoms with Crippen molar-refractivity contribution < 1.29 is 38.1 Å². The van der Waals surface area contributed by atoms with Crippen LogP contribution < -0.4 is 5.32 Å². The number of nitrogens with one attached hydrogen (secondary N) is 1. The predicted octanol–water partition coefficient (Wildman–Crippen LogP) is 13.0. The monoisotopic (exact) mass is 863 g/mol. The van der Waals surface area contributed by atoms with Crippen LogP contribution in [0.5, 0.6) is 0 Å². The van der Waals surface area contributed by atoms with E-state index in [1.807, 2.05) is 0 Å². The zero-order chi connectivity index (χ0) is 44.1. The number of carbonyl (C=O) groups excluding carboxylic acids is 3. The van der Waals surface area contributed by atoms with Gasteiger partial charge in [-0.25, -0.2) is 4.79 Å². The van der Waals surface area contributed by atoms with E-state index < -0.39 is 18.3 Å². The van der Waals surface area contributed by atoms with Crippen LogP contribution in [0.1, 0.15) is 213 Å². The van der Waals surface area contributed by atoms with Crippen LogP contribution in [0.15, 0.2) is 24.3 Å². The van der Waals surface area contributed by atoms with Crippen molar-refractivity contribution in [3.63, 3.8) is 0 Å². The topological polar surface area (TPSA) is 113 Å². The molecule has 61 heavy (non-hydrogen) atoms. The van der Waals surface area contributed by atoms with E-state index in [-0.39, 0.29) is 38.2 Å². The van der Waals surface area contributed by atoms with Crippen molar-refractivity contribution in [3.8, 4) is 0 Å². The highest BCUT2D eigenvalue weighted by molar-refractivity contribution is 5.70. The highest BCUT2D eigenvalue weighted by Gasteiger charge is 2.20. The molecular formula is C51H94N2O8. The summed E-state index contributed by atoms with van der Waals surface area (Å²) in [6, 6.07) is 0. The Morgan fingerprint density at radius 3 is 1.61 bits per heavy atom. The summed E-state index contributed by atoms with van der Waals surface area (Å²) in [6.07, 6.45) is 40.4. The molecule has 1 fully saturated rings. The van der Waals surface area contributed by atoms with Gasteiger partial charge in [0.25, 0.3) is 0 Å². The second-order valence-electron chi connectivity index (χ2n) is 17.2. The molecule has 0 saturated carbocycles. The van der Waals surface area contributed by atoms with Gasteiger partial charge in [0.05, 0.1) is 12.3 Å². The molecule has 356 valence electrons. The molecule has 0 aromatic rings. The van der Waals surface area contributed by atoms with Crippen LogP contribution in [-0.2, 0) is 33.3 Å². The first-order chi connectivity index (χ1) is 30.0. The van der Waals surface area contributed by atoms with E-state index in [2.05, 4.69) is 55.3 Å². The number of alkyl carbamates (subject to hydrolysis) is 1. The van der Waals surface area contributed by atoms with Gasteiger partial charge in [-0.2, -0.15) is 0 Å². The second-order valence-corrected chi connectivity index (χ2v) is 17.2. The number of rotatable bonds is 42. The molecule has 0 spiro atoms. The summed E-state index contributed by atoms with van der Waals surface area (Å²) in [6.45, 7) is 11.3. The van der Waals surface area contributed by atoms with Crippen molar-refractivity contribution in [3.05, 3.63) is 24.3 Å². The zero-order valence-corrected chi connectivity index (χ0v) is 39.8. The van der Waals surface area contributed by atoms with Gasteiger partial charge < -0.3 is 33.9 Å². The van der Waals surface area contributed by atoms with E-state index in [4.69, 9.17) is 23.7 Å². The van der Waals surface area contributed by atoms with Crippen LogP contribution in [0.2, 0.25) is 0 Å². The lowest BCUT2D eigenvalue weighted by Gasteiger charge is -2.21. The second kappa shape index (κ2) is 44.2. The van der Waals surface area contributed by atoms with E-state index in [9.17, 15) is 14.4 Å². The van der Waals surface area contributed by atoms with Crippen LogP contribution in [0.4, 0.5) is 4.79 Å². The van der Waals surface area contributed by atoms with E-state index in [1.165, 1.54) is 103 Å². The van der Waals surface area contributed by atoms with Crippen molar-refractivity contribution in [1.29, 1.82) is 0 Å². The molecule has 1 aliphatic rings. The summed E-state index contributed by atoms with van der Waals surface area (Å²) >= 11 is 0. The number of hydrogen-bond donors (Lipinski definition) is 1. The molecule has 1 heterocycles. The van der Waals surface area contributed by atoms with Crippen LogP contribution in [0, 0.1) is 5.92 Å². The van der Waals surface area contributed by atoms with Crippen LogP contribution in [0.3, 0.4) is 0 Å². The summed E-state index contributed by atoms with van der Waals surface area (Å²) in [5.74, 6) is -1.13. The van der Waals surface area contributed by atoms with Gasteiger partial charge in [-0.1, -0.05) is 154 Å². The molecule has 0 aromatic carbocycles. The number of unbranched alkanes of at least 4 members (excludes halogenated alkanes) is 18. The SMILES string of the molecule is CCCCC/C=C\C/C=C\CCCCCCCC(=O)OCC(COC(=O)CCC(OCCCCCCCC)OCCCCCCCC)COC(=O)NCCN1CCCCCC1. The average Bonchev–Trinajstić information content (AvgIpc) is 3.54. The molecule has 1 N–H and O–H groups in total. The summed E-state index contributed by atoms with van der Waals surface area (Å²) in [7, 11) is 0. The average molecular weight is 863 g/mol. The van der Waals surface area contributed by atoms with Gasteiger partial charge in [0, 0.05) is 39.1 Å². The third kappa shape index (κ3) is 38.9. The van der Waals surface area contributed by atoms with E-state index in [0.717, 1.165) is 90.3 Å². The molecule has 1 atom stereocenters. The normalized spacial score (nSPS) is 14.2. The number of esters is 2. The molecular weight excluding hydrogens is 769 g/mol. The number of allylic oxidation sites excluding steroid dienone is 4. The molecule has 1 saturated heterocycles. The third-order valence-electron chi connectivity index (χ3n) is 11.3. The highest BCUT2D eigenvalue weighted by Crippen LogP contribution is 2.14. The Labute approximate surface area is 374 Å².